The average Bonchev–Trinajstić information content (AvgIpc) is 2.76. The summed E-state index contributed by atoms with van der Waals surface area (Å²) in [5, 5.41) is 7.46. The van der Waals surface area contributed by atoms with E-state index in [9.17, 15) is 0 Å². The number of nitrogens with one attached hydrogen (secondary N) is 1. The minimum Gasteiger partial charge on any atom is -0.263 e. The van der Waals surface area contributed by atoms with Crippen LogP contribution < -0.4 is 0 Å². The van der Waals surface area contributed by atoms with Crippen molar-refractivity contribution in [1.82, 2.24) is 15.2 Å². The molecule has 3 heteroatoms. The summed E-state index contributed by atoms with van der Waals surface area (Å²) in [4.78, 5) is 4.63. The van der Waals surface area contributed by atoms with Crippen molar-refractivity contribution in [2.24, 2.45) is 17.8 Å². The van der Waals surface area contributed by atoms with Crippen LogP contribution in [-0.2, 0) is 6.42 Å². The van der Waals surface area contributed by atoms with Gasteiger partial charge in [-0.05, 0) is 43.4 Å². The summed E-state index contributed by atoms with van der Waals surface area (Å²) in [5.41, 5.74) is 0. The minimum atomic E-state index is 0.671. The number of hydrogen-bond acceptors (Lipinski definition) is 2. The van der Waals surface area contributed by atoms with Crippen LogP contribution in [-0.4, -0.2) is 15.2 Å². The smallest absolute Gasteiger partial charge is 0.153 e. The van der Waals surface area contributed by atoms with Gasteiger partial charge in [0.15, 0.2) is 5.82 Å². The molecule has 1 aromatic rings. The van der Waals surface area contributed by atoms with Gasteiger partial charge in [-0.3, -0.25) is 5.10 Å². The SMILES string of the molecule is C1=C[C@H]2C[C@@H]1C[C@H]2Cc1nc(C2CC2)n[nH]1. The van der Waals surface area contributed by atoms with Crippen molar-refractivity contribution in [1.29, 1.82) is 0 Å². The van der Waals surface area contributed by atoms with Crippen LogP contribution in [0.1, 0.15) is 43.3 Å². The Morgan fingerprint density at radius 2 is 2.19 bits per heavy atom. The normalized spacial score (nSPS) is 36.1. The fourth-order valence-electron chi connectivity index (χ4n) is 3.30. The molecule has 1 aromatic heterocycles. The molecular formula is C13H17N3. The maximum atomic E-state index is 4.63. The third-order valence-corrected chi connectivity index (χ3v) is 4.36. The molecule has 4 rings (SSSR count). The Balaban J connectivity index is 1.47. The van der Waals surface area contributed by atoms with E-state index in [0.29, 0.717) is 5.92 Å². The van der Waals surface area contributed by atoms with Gasteiger partial charge in [-0.2, -0.15) is 5.10 Å². The van der Waals surface area contributed by atoms with Crippen LogP contribution in [0.5, 0.6) is 0 Å². The Bertz CT molecular complexity index is 430. The van der Waals surface area contributed by atoms with Crippen molar-refractivity contribution in [3.8, 4) is 0 Å². The molecule has 3 atom stereocenters. The molecule has 1 heterocycles. The molecule has 0 aliphatic heterocycles. The van der Waals surface area contributed by atoms with Gasteiger partial charge >= 0.3 is 0 Å². The summed E-state index contributed by atoms with van der Waals surface area (Å²) in [7, 11) is 0. The number of fused-ring (bicyclic) bond motifs is 2. The zero-order valence-electron chi connectivity index (χ0n) is 9.39. The van der Waals surface area contributed by atoms with Crippen molar-refractivity contribution in [3.05, 3.63) is 23.8 Å². The highest BCUT2D eigenvalue weighted by Crippen LogP contribution is 2.44. The van der Waals surface area contributed by atoms with Crippen LogP contribution in [0.25, 0.3) is 0 Å². The Morgan fingerprint density at radius 1 is 1.25 bits per heavy atom. The molecule has 0 amide bonds. The molecule has 0 unspecified atom stereocenters. The zero-order chi connectivity index (χ0) is 10.5. The van der Waals surface area contributed by atoms with E-state index >= 15 is 0 Å². The summed E-state index contributed by atoms with van der Waals surface area (Å²) in [6.45, 7) is 0. The van der Waals surface area contributed by atoms with Crippen molar-refractivity contribution in [2.45, 2.75) is 38.0 Å². The summed E-state index contributed by atoms with van der Waals surface area (Å²) in [6, 6.07) is 0. The predicted molar refractivity (Wildman–Crippen MR) is 60.9 cm³/mol. The molecular weight excluding hydrogens is 198 g/mol. The van der Waals surface area contributed by atoms with Crippen LogP contribution in [0.3, 0.4) is 0 Å². The number of rotatable bonds is 3. The number of aromatic amines is 1. The van der Waals surface area contributed by atoms with Gasteiger partial charge in [0.1, 0.15) is 5.82 Å². The number of nitrogens with zero attached hydrogens (tertiary/aromatic N) is 2. The lowest BCUT2D eigenvalue weighted by Gasteiger charge is -2.15. The van der Waals surface area contributed by atoms with Crippen LogP contribution in [0.2, 0.25) is 0 Å². The van der Waals surface area contributed by atoms with Crippen molar-refractivity contribution >= 4 is 0 Å². The van der Waals surface area contributed by atoms with Gasteiger partial charge in [-0.1, -0.05) is 12.2 Å². The number of hydrogen-bond donors (Lipinski definition) is 1. The summed E-state index contributed by atoms with van der Waals surface area (Å²) >= 11 is 0. The molecule has 0 radical (unpaired) electrons. The van der Waals surface area contributed by atoms with Gasteiger partial charge in [-0.25, -0.2) is 4.98 Å². The van der Waals surface area contributed by atoms with Crippen molar-refractivity contribution in [2.75, 3.05) is 0 Å². The second-order valence-electron chi connectivity index (χ2n) is 5.66. The molecule has 3 aliphatic rings. The fourth-order valence-corrected chi connectivity index (χ4v) is 3.30. The summed E-state index contributed by atoms with van der Waals surface area (Å²) < 4.78 is 0. The maximum Gasteiger partial charge on any atom is 0.153 e. The van der Waals surface area contributed by atoms with E-state index in [1.165, 1.54) is 25.7 Å². The van der Waals surface area contributed by atoms with E-state index in [1.807, 2.05) is 0 Å². The molecule has 2 fully saturated rings. The summed E-state index contributed by atoms with van der Waals surface area (Å²) in [5.74, 6) is 5.35. The van der Waals surface area contributed by atoms with E-state index in [2.05, 4.69) is 27.3 Å². The topological polar surface area (TPSA) is 41.6 Å². The second kappa shape index (κ2) is 3.19. The Hall–Kier alpha value is -1.12. The second-order valence-corrected chi connectivity index (χ2v) is 5.66. The first-order valence-corrected chi connectivity index (χ1v) is 6.48. The van der Waals surface area contributed by atoms with E-state index in [4.69, 9.17) is 0 Å². The van der Waals surface area contributed by atoms with Crippen molar-refractivity contribution in [3.63, 3.8) is 0 Å². The number of aromatic nitrogens is 3. The fraction of sp³-hybridized carbons (Fsp3) is 0.692. The maximum absolute atomic E-state index is 4.63. The van der Waals surface area contributed by atoms with Crippen LogP contribution in [0.15, 0.2) is 12.2 Å². The first-order valence-electron chi connectivity index (χ1n) is 6.48. The van der Waals surface area contributed by atoms with Gasteiger partial charge in [0.2, 0.25) is 0 Å². The Labute approximate surface area is 95.4 Å². The molecule has 0 aromatic carbocycles. The van der Waals surface area contributed by atoms with E-state index in [1.54, 1.807) is 0 Å². The van der Waals surface area contributed by atoms with Crippen LogP contribution >= 0.6 is 0 Å². The Kier molecular flexibility index (Phi) is 1.79. The highest BCUT2D eigenvalue weighted by Gasteiger charge is 2.36. The molecule has 0 spiro atoms. The van der Waals surface area contributed by atoms with Crippen LogP contribution in [0.4, 0.5) is 0 Å². The number of allylic oxidation sites excluding steroid dienone is 2. The first kappa shape index (κ1) is 8.97. The van der Waals surface area contributed by atoms with E-state index in [0.717, 1.165) is 35.8 Å². The van der Waals surface area contributed by atoms with Gasteiger partial charge < -0.3 is 0 Å². The molecule has 1 N–H and O–H groups in total. The van der Waals surface area contributed by atoms with E-state index in [-0.39, 0.29) is 0 Å². The third kappa shape index (κ3) is 1.41. The van der Waals surface area contributed by atoms with Gasteiger partial charge in [0, 0.05) is 12.3 Å². The average molecular weight is 215 g/mol. The van der Waals surface area contributed by atoms with Gasteiger partial charge in [0.05, 0.1) is 0 Å². The quantitative estimate of drug-likeness (QED) is 0.787. The first-order chi connectivity index (χ1) is 7.88. The molecule has 84 valence electrons. The Morgan fingerprint density at radius 3 is 2.88 bits per heavy atom. The molecule has 2 bridgehead atoms. The minimum absolute atomic E-state index is 0.671. The zero-order valence-corrected chi connectivity index (χ0v) is 9.39. The lowest BCUT2D eigenvalue weighted by atomic mass is 9.90. The molecule has 16 heavy (non-hydrogen) atoms. The standard InChI is InChI=1S/C13H17N3/c1-2-10-5-8(1)6-11(10)7-12-14-13(16-15-12)9-3-4-9/h1-2,8-11H,3-7H2,(H,14,15,16)/t8-,10+,11+/m1/s1. The lowest BCUT2D eigenvalue weighted by molar-refractivity contribution is 0.436. The van der Waals surface area contributed by atoms with Crippen molar-refractivity contribution < 1.29 is 0 Å². The predicted octanol–water partition coefficient (Wildman–Crippen LogP) is 2.44. The van der Waals surface area contributed by atoms with E-state index < -0.39 is 0 Å². The largest absolute Gasteiger partial charge is 0.263 e. The highest BCUT2D eigenvalue weighted by molar-refractivity contribution is 5.12. The molecule has 0 saturated heterocycles. The highest BCUT2D eigenvalue weighted by atomic mass is 15.2. The summed E-state index contributed by atoms with van der Waals surface area (Å²) in [6.07, 6.45) is 11.2. The molecule has 3 aliphatic carbocycles. The van der Waals surface area contributed by atoms with Gasteiger partial charge in [0.25, 0.3) is 0 Å². The van der Waals surface area contributed by atoms with Gasteiger partial charge in [-0.15, -0.1) is 0 Å². The lowest BCUT2D eigenvalue weighted by Crippen LogP contribution is -2.11. The van der Waals surface area contributed by atoms with Crippen LogP contribution in [0, 0.1) is 17.8 Å². The number of H-pyrrole nitrogens is 1. The third-order valence-electron chi connectivity index (χ3n) is 4.36. The molecule has 3 nitrogen and oxygen atoms in total. The monoisotopic (exact) mass is 215 g/mol. The molecule has 2 saturated carbocycles.